The summed E-state index contributed by atoms with van der Waals surface area (Å²) in [4.78, 5) is 10.9. The number of nitrogens with zero attached hydrogens (tertiary/aromatic N) is 2. The van der Waals surface area contributed by atoms with Crippen molar-refractivity contribution in [2.24, 2.45) is 5.84 Å². The van der Waals surface area contributed by atoms with Gasteiger partial charge in [-0.2, -0.15) is 0 Å². The average Bonchev–Trinajstić information content (AvgIpc) is 2.86. The van der Waals surface area contributed by atoms with E-state index in [0.29, 0.717) is 18.2 Å². The second kappa shape index (κ2) is 5.22. The SMILES string of the molecule is NNC(=O)CCc1nnc(-c2ccccc2)o1. The van der Waals surface area contributed by atoms with Gasteiger partial charge in [0.1, 0.15) is 0 Å². The summed E-state index contributed by atoms with van der Waals surface area (Å²) in [7, 11) is 0. The Morgan fingerprint density at radius 3 is 2.76 bits per heavy atom. The second-order valence-corrected chi connectivity index (χ2v) is 3.43. The molecule has 0 spiro atoms. The van der Waals surface area contributed by atoms with Crippen molar-refractivity contribution in [1.82, 2.24) is 15.6 Å². The molecule has 0 radical (unpaired) electrons. The number of nitrogens with one attached hydrogen (secondary N) is 1. The molecule has 2 rings (SSSR count). The summed E-state index contributed by atoms with van der Waals surface area (Å²) in [6, 6.07) is 9.45. The zero-order valence-corrected chi connectivity index (χ0v) is 9.09. The molecule has 0 saturated carbocycles. The number of nitrogens with two attached hydrogens (primary N) is 1. The van der Waals surface area contributed by atoms with Gasteiger partial charge in [0.15, 0.2) is 0 Å². The normalized spacial score (nSPS) is 10.2. The minimum absolute atomic E-state index is 0.229. The maximum absolute atomic E-state index is 10.9. The Kier molecular flexibility index (Phi) is 3.46. The third-order valence-corrected chi connectivity index (χ3v) is 2.21. The summed E-state index contributed by atoms with van der Waals surface area (Å²) in [5.74, 6) is 5.58. The average molecular weight is 232 g/mol. The number of rotatable bonds is 4. The standard InChI is InChI=1S/C11H12N4O2/c12-13-9(16)6-7-10-14-15-11(17-10)8-4-2-1-3-5-8/h1-5H,6-7,12H2,(H,13,16). The van der Waals surface area contributed by atoms with E-state index in [-0.39, 0.29) is 12.3 Å². The molecule has 0 atom stereocenters. The fourth-order valence-electron chi connectivity index (χ4n) is 1.34. The van der Waals surface area contributed by atoms with Gasteiger partial charge in [-0.25, -0.2) is 5.84 Å². The highest BCUT2D eigenvalue weighted by Crippen LogP contribution is 2.17. The zero-order chi connectivity index (χ0) is 12.1. The van der Waals surface area contributed by atoms with Crippen LogP contribution in [0.25, 0.3) is 11.5 Å². The van der Waals surface area contributed by atoms with E-state index in [0.717, 1.165) is 5.56 Å². The molecule has 0 aliphatic carbocycles. The lowest BCUT2D eigenvalue weighted by Crippen LogP contribution is -2.30. The van der Waals surface area contributed by atoms with Gasteiger partial charge < -0.3 is 4.42 Å². The lowest BCUT2D eigenvalue weighted by molar-refractivity contribution is -0.121. The van der Waals surface area contributed by atoms with Crippen molar-refractivity contribution in [1.29, 1.82) is 0 Å². The second-order valence-electron chi connectivity index (χ2n) is 3.43. The van der Waals surface area contributed by atoms with Gasteiger partial charge in [-0.15, -0.1) is 10.2 Å². The zero-order valence-electron chi connectivity index (χ0n) is 9.09. The molecule has 1 aromatic carbocycles. The van der Waals surface area contributed by atoms with Crippen molar-refractivity contribution in [3.63, 3.8) is 0 Å². The molecular weight excluding hydrogens is 220 g/mol. The maximum Gasteiger partial charge on any atom is 0.247 e. The van der Waals surface area contributed by atoms with Crippen LogP contribution in [-0.2, 0) is 11.2 Å². The van der Waals surface area contributed by atoms with Gasteiger partial charge in [0.05, 0.1) is 0 Å². The van der Waals surface area contributed by atoms with E-state index in [1.165, 1.54) is 0 Å². The first-order chi connectivity index (χ1) is 8.29. The van der Waals surface area contributed by atoms with Crippen LogP contribution in [0.3, 0.4) is 0 Å². The molecule has 1 aromatic heterocycles. The molecule has 0 saturated heterocycles. The Labute approximate surface area is 97.8 Å². The largest absolute Gasteiger partial charge is 0.421 e. The molecule has 6 nitrogen and oxygen atoms in total. The fourth-order valence-corrected chi connectivity index (χ4v) is 1.34. The van der Waals surface area contributed by atoms with Gasteiger partial charge in [0, 0.05) is 18.4 Å². The molecule has 0 aliphatic heterocycles. The van der Waals surface area contributed by atoms with Crippen LogP contribution < -0.4 is 11.3 Å². The van der Waals surface area contributed by atoms with E-state index in [1.54, 1.807) is 0 Å². The molecule has 6 heteroatoms. The lowest BCUT2D eigenvalue weighted by atomic mass is 10.2. The molecule has 0 unspecified atom stereocenters. The number of hydrazine groups is 1. The van der Waals surface area contributed by atoms with Crippen LogP contribution in [0.5, 0.6) is 0 Å². The van der Waals surface area contributed by atoms with Crippen LogP contribution in [-0.4, -0.2) is 16.1 Å². The minimum atomic E-state index is -0.260. The van der Waals surface area contributed by atoms with E-state index < -0.39 is 0 Å². The molecule has 0 fully saturated rings. The molecule has 1 heterocycles. The van der Waals surface area contributed by atoms with Gasteiger partial charge in [0.2, 0.25) is 17.7 Å². The van der Waals surface area contributed by atoms with Crippen LogP contribution >= 0.6 is 0 Å². The Balaban J connectivity index is 2.04. The molecule has 17 heavy (non-hydrogen) atoms. The number of hydrogen-bond donors (Lipinski definition) is 2. The summed E-state index contributed by atoms with van der Waals surface area (Å²) in [6.07, 6.45) is 0.607. The number of amides is 1. The van der Waals surface area contributed by atoms with Gasteiger partial charge in [-0.05, 0) is 12.1 Å². The van der Waals surface area contributed by atoms with Crippen LogP contribution in [0.15, 0.2) is 34.7 Å². The van der Waals surface area contributed by atoms with E-state index >= 15 is 0 Å². The Bertz CT molecular complexity index is 495. The van der Waals surface area contributed by atoms with Gasteiger partial charge >= 0.3 is 0 Å². The van der Waals surface area contributed by atoms with E-state index in [2.05, 4.69) is 10.2 Å². The Morgan fingerprint density at radius 1 is 1.29 bits per heavy atom. The highest BCUT2D eigenvalue weighted by molar-refractivity contribution is 5.75. The molecule has 88 valence electrons. The summed E-state index contributed by atoms with van der Waals surface area (Å²) in [5.41, 5.74) is 2.90. The Hall–Kier alpha value is -2.21. The van der Waals surface area contributed by atoms with Crippen molar-refractivity contribution in [2.45, 2.75) is 12.8 Å². The van der Waals surface area contributed by atoms with Crippen molar-refractivity contribution >= 4 is 5.91 Å². The maximum atomic E-state index is 10.9. The van der Waals surface area contributed by atoms with Crippen LogP contribution in [0.1, 0.15) is 12.3 Å². The first kappa shape index (κ1) is 11.3. The quantitative estimate of drug-likeness (QED) is 0.458. The number of carbonyl (C=O) groups excluding carboxylic acids is 1. The van der Waals surface area contributed by atoms with Crippen LogP contribution in [0.4, 0.5) is 0 Å². The van der Waals surface area contributed by atoms with Gasteiger partial charge in [0.25, 0.3) is 0 Å². The molecule has 1 amide bonds. The number of benzene rings is 1. The lowest BCUT2D eigenvalue weighted by Gasteiger charge is -1.95. The number of carbonyl (C=O) groups is 1. The molecule has 3 N–H and O–H groups in total. The smallest absolute Gasteiger partial charge is 0.247 e. The minimum Gasteiger partial charge on any atom is -0.421 e. The van der Waals surface area contributed by atoms with E-state index in [4.69, 9.17) is 10.3 Å². The predicted octanol–water partition coefficient (Wildman–Crippen LogP) is 0.659. The number of aromatic nitrogens is 2. The summed E-state index contributed by atoms with van der Waals surface area (Å²) in [6.45, 7) is 0. The van der Waals surface area contributed by atoms with Gasteiger partial charge in [-0.3, -0.25) is 10.2 Å². The first-order valence-electron chi connectivity index (χ1n) is 5.17. The molecule has 0 bridgehead atoms. The first-order valence-corrected chi connectivity index (χ1v) is 5.17. The molecule has 0 aliphatic rings. The number of aryl methyl sites for hydroxylation is 1. The third-order valence-electron chi connectivity index (χ3n) is 2.21. The van der Waals surface area contributed by atoms with Crippen LogP contribution in [0.2, 0.25) is 0 Å². The Morgan fingerprint density at radius 2 is 2.06 bits per heavy atom. The van der Waals surface area contributed by atoms with E-state index in [1.807, 2.05) is 35.8 Å². The third kappa shape index (κ3) is 2.88. The van der Waals surface area contributed by atoms with Crippen molar-refractivity contribution in [3.05, 3.63) is 36.2 Å². The molecule has 2 aromatic rings. The van der Waals surface area contributed by atoms with E-state index in [9.17, 15) is 4.79 Å². The summed E-state index contributed by atoms with van der Waals surface area (Å²) in [5, 5.41) is 7.77. The van der Waals surface area contributed by atoms with Crippen molar-refractivity contribution in [3.8, 4) is 11.5 Å². The topological polar surface area (TPSA) is 94.0 Å². The van der Waals surface area contributed by atoms with Crippen molar-refractivity contribution in [2.75, 3.05) is 0 Å². The van der Waals surface area contributed by atoms with Crippen LogP contribution in [0, 0.1) is 0 Å². The highest BCUT2D eigenvalue weighted by Gasteiger charge is 2.09. The number of hydrogen-bond acceptors (Lipinski definition) is 5. The molecular formula is C11H12N4O2. The highest BCUT2D eigenvalue weighted by atomic mass is 16.4. The predicted molar refractivity (Wildman–Crippen MR) is 60.4 cm³/mol. The fraction of sp³-hybridized carbons (Fsp3) is 0.182. The summed E-state index contributed by atoms with van der Waals surface area (Å²) >= 11 is 0. The van der Waals surface area contributed by atoms with Gasteiger partial charge in [-0.1, -0.05) is 18.2 Å². The summed E-state index contributed by atoms with van der Waals surface area (Å²) < 4.78 is 5.42. The monoisotopic (exact) mass is 232 g/mol. The van der Waals surface area contributed by atoms with Crippen molar-refractivity contribution < 1.29 is 9.21 Å².